The maximum Gasteiger partial charge on any atom is 1.00 e. The van der Waals surface area contributed by atoms with Crippen molar-refractivity contribution in [1.82, 2.24) is 19.6 Å². The van der Waals surface area contributed by atoms with E-state index in [2.05, 4.69) is 42.8 Å². The molecule has 4 rings (SSSR count). The molecule has 3 aromatic carbocycles. The van der Waals surface area contributed by atoms with Gasteiger partial charge in [0.25, 0.3) is 10.0 Å². The number of aryl methyl sites for hydroxylation is 3. The van der Waals surface area contributed by atoms with Gasteiger partial charge in [-0.05, 0) is 72.9 Å². The number of carbonyl (C=O) groups excluding carboxylic acids is 1. The van der Waals surface area contributed by atoms with E-state index in [4.69, 9.17) is 10.7 Å². The largest absolute Gasteiger partial charge is 1.00 e. The second-order valence-corrected chi connectivity index (χ2v) is 10.4. The van der Waals surface area contributed by atoms with Gasteiger partial charge in [-0.2, -0.15) is 0 Å². The normalized spacial score (nSPS) is 11.2. The van der Waals surface area contributed by atoms with Crippen molar-refractivity contribution in [1.29, 1.82) is 0 Å². The van der Waals surface area contributed by atoms with Crippen molar-refractivity contribution in [3.63, 3.8) is 0 Å². The molecule has 0 fully saturated rings. The monoisotopic (exact) mass is 529 g/mol. The molecule has 4 aromatic rings. The van der Waals surface area contributed by atoms with E-state index in [1.54, 1.807) is 12.1 Å². The fourth-order valence-corrected chi connectivity index (χ4v) is 5.03. The van der Waals surface area contributed by atoms with Crippen LogP contribution >= 0.6 is 0 Å². The first kappa shape index (κ1) is 28.9. The zero-order valence-corrected chi connectivity index (χ0v) is 24.5. The Balaban J connectivity index is 0.00000253. The molecule has 0 bridgehead atoms. The smallest absolute Gasteiger partial charge is 1.00 e. The third kappa shape index (κ3) is 6.42. The average molecular weight is 530 g/mol. The topological polar surface area (TPSA) is 119 Å². The number of sulfonamides is 1. The molecule has 4 N–H and O–H groups in total. The summed E-state index contributed by atoms with van der Waals surface area (Å²) in [5, 5.41) is 2.61. The van der Waals surface area contributed by atoms with Gasteiger partial charge >= 0.3 is 35.6 Å². The van der Waals surface area contributed by atoms with Crippen LogP contribution in [-0.4, -0.2) is 30.5 Å². The van der Waals surface area contributed by atoms with Crippen LogP contribution in [-0.2, 0) is 29.4 Å². The Labute approximate surface area is 241 Å². The first-order chi connectivity index (χ1) is 17.2. The van der Waals surface area contributed by atoms with Gasteiger partial charge in [0.1, 0.15) is 5.82 Å². The second kappa shape index (κ2) is 12.2. The number of imidazole rings is 1. The predicted octanol–water partition coefficient (Wildman–Crippen LogP) is 1.01. The second-order valence-electron chi connectivity index (χ2n) is 8.72. The Morgan fingerprint density at radius 1 is 1.00 bits per heavy atom. The Morgan fingerprint density at radius 2 is 1.65 bits per heavy atom. The summed E-state index contributed by atoms with van der Waals surface area (Å²) in [6.07, 6.45) is 1.37. The van der Waals surface area contributed by atoms with Gasteiger partial charge in [-0.25, -0.2) is 22.9 Å². The van der Waals surface area contributed by atoms with Crippen molar-refractivity contribution in [2.75, 3.05) is 6.54 Å². The van der Waals surface area contributed by atoms with Crippen LogP contribution in [0.15, 0.2) is 65.6 Å². The van der Waals surface area contributed by atoms with Crippen molar-refractivity contribution >= 4 is 27.1 Å². The number of hydrogen-bond donors (Lipinski definition) is 3. The van der Waals surface area contributed by atoms with Crippen LogP contribution in [0.4, 0.5) is 4.79 Å². The maximum absolute atomic E-state index is 12.4. The molecule has 0 aliphatic rings. The maximum atomic E-state index is 12.4. The predicted molar refractivity (Wildman–Crippen MR) is 143 cm³/mol. The minimum atomic E-state index is -3.95. The van der Waals surface area contributed by atoms with E-state index >= 15 is 0 Å². The number of fused-ring (bicyclic) bond motifs is 1. The molecule has 0 aliphatic carbocycles. The van der Waals surface area contributed by atoms with Gasteiger partial charge in [0.15, 0.2) is 0 Å². The Hall–Kier alpha value is -2.69. The number of amides is 2. The Bertz CT molecular complexity index is 1500. The summed E-state index contributed by atoms with van der Waals surface area (Å²) in [4.78, 5) is 17.1. The molecule has 37 heavy (non-hydrogen) atoms. The zero-order chi connectivity index (χ0) is 25.9. The fraction of sp³-hybridized carbons (Fsp3) is 0.259. The molecular weight excluding hydrogens is 497 g/mol. The van der Waals surface area contributed by atoms with Crippen molar-refractivity contribution in [3.05, 3.63) is 88.7 Å². The number of nitrogens with two attached hydrogens (primary N) is 1. The molecule has 0 saturated carbocycles. The summed E-state index contributed by atoms with van der Waals surface area (Å²) in [7, 11) is -3.95. The molecule has 0 atom stereocenters. The van der Waals surface area contributed by atoms with E-state index < -0.39 is 16.1 Å². The number of aromatic nitrogens is 2. The van der Waals surface area contributed by atoms with Gasteiger partial charge in [0.05, 0.1) is 15.9 Å². The van der Waals surface area contributed by atoms with Crippen LogP contribution in [0.1, 0.15) is 36.4 Å². The summed E-state index contributed by atoms with van der Waals surface area (Å²) >= 11 is 0. The van der Waals surface area contributed by atoms with E-state index in [0.717, 1.165) is 40.1 Å². The zero-order valence-electron chi connectivity index (χ0n) is 22.7. The molecule has 0 spiro atoms. The summed E-state index contributed by atoms with van der Waals surface area (Å²) in [5.41, 5.74) is 12.9. The van der Waals surface area contributed by atoms with Gasteiger partial charge in [-0.3, -0.25) is 4.57 Å². The van der Waals surface area contributed by atoms with Gasteiger partial charge in [0.2, 0.25) is 0 Å². The number of hydrogen-bond acceptors (Lipinski definition) is 5. The summed E-state index contributed by atoms with van der Waals surface area (Å²) in [6, 6.07) is 17.7. The molecule has 1 heterocycles. The molecule has 0 radical (unpaired) electrons. The molecule has 10 heteroatoms. The van der Waals surface area contributed by atoms with Crippen LogP contribution in [0.25, 0.3) is 16.7 Å². The van der Waals surface area contributed by atoms with Gasteiger partial charge < -0.3 is 12.5 Å². The number of urea groups is 1. The van der Waals surface area contributed by atoms with Crippen LogP contribution in [0, 0.1) is 13.8 Å². The van der Waals surface area contributed by atoms with Crippen molar-refractivity contribution in [3.8, 4) is 5.69 Å². The van der Waals surface area contributed by atoms with E-state index in [0.29, 0.717) is 19.5 Å². The fourth-order valence-electron chi connectivity index (χ4n) is 4.11. The summed E-state index contributed by atoms with van der Waals surface area (Å²) in [5.74, 6) is 1.00. The molecule has 0 saturated heterocycles. The van der Waals surface area contributed by atoms with E-state index in [-0.39, 0.29) is 35.9 Å². The molecule has 190 valence electrons. The van der Waals surface area contributed by atoms with E-state index in [9.17, 15) is 13.2 Å². The van der Waals surface area contributed by atoms with E-state index in [1.807, 2.05) is 29.0 Å². The van der Waals surface area contributed by atoms with Crippen molar-refractivity contribution in [2.24, 2.45) is 5.73 Å². The molecule has 0 aliphatic heterocycles. The third-order valence-corrected chi connectivity index (χ3v) is 7.67. The SMILES string of the molecule is CCc1nc2c(C)c(C)ccc2n1-c1ccc(CCNC(=O)NS(=O)(=O)c2ccc(CN)cc2)cc1.[H-].[Na+]. The molecule has 0 unspecified atom stereocenters. The minimum absolute atomic E-state index is 0. The average Bonchev–Trinajstić information content (AvgIpc) is 3.26. The summed E-state index contributed by atoms with van der Waals surface area (Å²) < 4.78 is 29.0. The number of nitrogens with zero attached hydrogens (tertiary/aromatic N) is 2. The van der Waals surface area contributed by atoms with Crippen LogP contribution in [0.5, 0.6) is 0 Å². The third-order valence-electron chi connectivity index (χ3n) is 6.33. The Kier molecular flexibility index (Phi) is 9.55. The van der Waals surface area contributed by atoms with Crippen LogP contribution in [0.2, 0.25) is 0 Å². The molecule has 1 aromatic heterocycles. The number of benzene rings is 3. The molecule has 2 amide bonds. The molecular formula is C27H32N5NaO3S. The first-order valence-electron chi connectivity index (χ1n) is 11.9. The van der Waals surface area contributed by atoms with Gasteiger partial charge in [0, 0.05) is 25.2 Å². The van der Waals surface area contributed by atoms with E-state index in [1.165, 1.54) is 23.3 Å². The van der Waals surface area contributed by atoms with Crippen LogP contribution in [0.3, 0.4) is 0 Å². The molecule has 8 nitrogen and oxygen atoms in total. The van der Waals surface area contributed by atoms with Gasteiger partial charge in [-0.1, -0.05) is 37.3 Å². The Morgan fingerprint density at radius 3 is 2.27 bits per heavy atom. The van der Waals surface area contributed by atoms with Crippen LogP contribution < -0.4 is 45.3 Å². The standard InChI is InChI=1S/C27H31N5O3S.Na.H/c1-4-25-30-26-19(3)18(2)5-14-24(26)32(25)22-10-6-20(7-11-22)15-16-29-27(33)31-36(34,35)23-12-8-21(17-28)9-13-23;;/h5-14H,4,15-17,28H2,1-3H3,(H2,29,31,33);;/q;+1;-1. The number of carbonyl (C=O) groups is 1. The van der Waals surface area contributed by atoms with Gasteiger partial charge in [-0.15, -0.1) is 0 Å². The minimum Gasteiger partial charge on any atom is -1.00 e. The first-order valence-corrected chi connectivity index (χ1v) is 13.4. The quantitative estimate of drug-likeness (QED) is 0.295. The summed E-state index contributed by atoms with van der Waals surface area (Å²) in [6.45, 7) is 6.90. The number of nitrogens with one attached hydrogen (secondary N) is 2. The van der Waals surface area contributed by atoms with Crippen molar-refractivity contribution in [2.45, 2.75) is 45.1 Å². The van der Waals surface area contributed by atoms with Crippen molar-refractivity contribution < 1.29 is 44.2 Å². The number of rotatable bonds is 8.